The van der Waals surface area contributed by atoms with Gasteiger partial charge in [0.25, 0.3) is 0 Å². The van der Waals surface area contributed by atoms with E-state index in [-0.39, 0.29) is 0 Å². The summed E-state index contributed by atoms with van der Waals surface area (Å²) in [6.45, 7) is 4.49. The average Bonchev–Trinajstić information content (AvgIpc) is 2.42. The second-order valence-corrected chi connectivity index (χ2v) is 3.40. The van der Waals surface area contributed by atoms with E-state index in [9.17, 15) is 0 Å². The molecule has 0 saturated carbocycles. The van der Waals surface area contributed by atoms with E-state index in [0.29, 0.717) is 5.92 Å². The van der Waals surface area contributed by atoms with Gasteiger partial charge in [0, 0.05) is 11.9 Å². The van der Waals surface area contributed by atoms with Gasteiger partial charge < -0.3 is 5.32 Å². The topological polar surface area (TPSA) is 12.0 Å². The fourth-order valence-corrected chi connectivity index (χ4v) is 1.65. The van der Waals surface area contributed by atoms with Crippen molar-refractivity contribution in [1.29, 1.82) is 0 Å². The normalized spacial score (nSPS) is 17.5. The highest BCUT2D eigenvalue weighted by molar-refractivity contribution is 5.22. The number of nitrogens with one attached hydrogen (secondary N) is 1. The molecule has 1 nitrogen and oxygen atoms in total. The fourth-order valence-electron chi connectivity index (χ4n) is 1.65. The number of allylic oxidation sites excluding steroid dienone is 5. The summed E-state index contributed by atoms with van der Waals surface area (Å²) in [5.41, 5.74) is 1.36. The van der Waals surface area contributed by atoms with Crippen LogP contribution in [0.5, 0.6) is 0 Å². The van der Waals surface area contributed by atoms with Gasteiger partial charge in [0.2, 0.25) is 0 Å². The van der Waals surface area contributed by atoms with Crippen LogP contribution in [0.4, 0.5) is 0 Å². The molecule has 0 fully saturated rings. The molecule has 0 aromatic rings. The van der Waals surface area contributed by atoms with Crippen LogP contribution in [0.15, 0.2) is 36.2 Å². The Morgan fingerprint density at radius 3 is 2.77 bits per heavy atom. The molecule has 1 heteroatoms. The molecule has 0 radical (unpaired) electrons. The lowest BCUT2D eigenvalue weighted by Crippen LogP contribution is -2.14. The molecule has 1 aliphatic heterocycles. The third-order valence-corrected chi connectivity index (χ3v) is 2.41. The molecule has 0 bridgehead atoms. The zero-order valence-electron chi connectivity index (χ0n) is 8.59. The molecular formula is C12H19N. The van der Waals surface area contributed by atoms with Crippen molar-refractivity contribution in [2.75, 3.05) is 0 Å². The SMILES string of the molecule is CCCC(CC)C1=CC=CC=CN1. The molecule has 0 aromatic heterocycles. The van der Waals surface area contributed by atoms with Crippen LogP contribution in [-0.2, 0) is 0 Å². The molecular weight excluding hydrogens is 158 g/mol. The number of hydrogen-bond acceptors (Lipinski definition) is 1. The predicted molar refractivity (Wildman–Crippen MR) is 58.2 cm³/mol. The number of hydrogen-bond donors (Lipinski definition) is 1. The Bertz CT molecular complexity index is 223. The summed E-state index contributed by atoms with van der Waals surface area (Å²) in [5, 5.41) is 3.34. The molecule has 1 aliphatic rings. The molecule has 1 N–H and O–H groups in total. The Morgan fingerprint density at radius 1 is 1.23 bits per heavy atom. The Hall–Kier alpha value is -0.980. The molecule has 1 atom stereocenters. The van der Waals surface area contributed by atoms with Crippen LogP contribution in [0.2, 0.25) is 0 Å². The van der Waals surface area contributed by atoms with E-state index in [4.69, 9.17) is 0 Å². The largest absolute Gasteiger partial charge is 0.365 e. The third kappa shape index (κ3) is 3.10. The molecule has 1 rings (SSSR count). The van der Waals surface area contributed by atoms with Crippen molar-refractivity contribution < 1.29 is 0 Å². The first-order valence-corrected chi connectivity index (χ1v) is 5.18. The summed E-state index contributed by atoms with van der Waals surface area (Å²) in [4.78, 5) is 0. The van der Waals surface area contributed by atoms with Gasteiger partial charge in [-0.05, 0) is 30.9 Å². The zero-order valence-corrected chi connectivity index (χ0v) is 8.59. The molecule has 0 amide bonds. The Morgan fingerprint density at radius 2 is 2.08 bits per heavy atom. The Balaban J connectivity index is 2.61. The summed E-state index contributed by atoms with van der Waals surface area (Å²) in [6.07, 6.45) is 14.1. The molecule has 0 saturated heterocycles. The zero-order chi connectivity index (χ0) is 9.52. The minimum Gasteiger partial charge on any atom is -0.365 e. The van der Waals surface area contributed by atoms with E-state index in [1.165, 1.54) is 25.0 Å². The lowest BCUT2D eigenvalue weighted by Gasteiger charge is -2.17. The Kier molecular flexibility index (Phi) is 4.37. The predicted octanol–water partition coefficient (Wildman–Crippen LogP) is 3.37. The van der Waals surface area contributed by atoms with E-state index in [2.05, 4.69) is 37.4 Å². The van der Waals surface area contributed by atoms with Crippen LogP contribution < -0.4 is 5.32 Å². The van der Waals surface area contributed by atoms with Crippen molar-refractivity contribution in [3.63, 3.8) is 0 Å². The van der Waals surface area contributed by atoms with Crippen molar-refractivity contribution in [2.24, 2.45) is 5.92 Å². The summed E-state index contributed by atoms with van der Waals surface area (Å²) in [7, 11) is 0. The van der Waals surface area contributed by atoms with E-state index >= 15 is 0 Å². The van der Waals surface area contributed by atoms with Gasteiger partial charge in [0.1, 0.15) is 0 Å². The fraction of sp³-hybridized carbons (Fsp3) is 0.500. The lowest BCUT2D eigenvalue weighted by atomic mass is 9.96. The van der Waals surface area contributed by atoms with Crippen molar-refractivity contribution in [3.8, 4) is 0 Å². The number of rotatable bonds is 4. The molecule has 13 heavy (non-hydrogen) atoms. The third-order valence-electron chi connectivity index (χ3n) is 2.41. The van der Waals surface area contributed by atoms with E-state index < -0.39 is 0 Å². The van der Waals surface area contributed by atoms with E-state index in [1.807, 2.05) is 12.3 Å². The average molecular weight is 177 g/mol. The first-order valence-electron chi connectivity index (χ1n) is 5.18. The van der Waals surface area contributed by atoms with Crippen molar-refractivity contribution >= 4 is 0 Å². The van der Waals surface area contributed by atoms with Gasteiger partial charge in [0.05, 0.1) is 0 Å². The van der Waals surface area contributed by atoms with Crippen LogP contribution in [-0.4, -0.2) is 0 Å². The van der Waals surface area contributed by atoms with Gasteiger partial charge >= 0.3 is 0 Å². The highest BCUT2D eigenvalue weighted by Gasteiger charge is 2.09. The maximum absolute atomic E-state index is 3.34. The highest BCUT2D eigenvalue weighted by Crippen LogP contribution is 2.19. The quantitative estimate of drug-likeness (QED) is 0.694. The van der Waals surface area contributed by atoms with Gasteiger partial charge in [-0.3, -0.25) is 0 Å². The van der Waals surface area contributed by atoms with Crippen LogP contribution in [0.3, 0.4) is 0 Å². The first-order chi connectivity index (χ1) is 6.38. The van der Waals surface area contributed by atoms with Crippen molar-refractivity contribution in [2.45, 2.75) is 33.1 Å². The monoisotopic (exact) mass is 177 g/mol. The van der Waals surface area contributed by atoms with Crippen LogP contribution in [0.1, 0.15) is 33.1 Å². The van der Waals surface area contributed by atoms with E-state index in [1.54, 1.807) is 0 Å². The molecule has 0 aliphatic carbocycles. The second-order valence-electron chi connectivity index (χ2n) is 3.40. The highest BCUT2D eigenvalue weighted by atomic mass is 14.9. The minimum atomic E-state index is 0.692. The van der Waals surface area contributed by atoms with Gasteiger partial charge in [0.15, 0.2) is 0 Å². The molecule has 1 heterocycles. The summed E-state index contributed by atoms with van der Waals surface area (Å²) in [5.74, 6) is 0.692. The molecule has 0 aromatic carbocycles. The van der Waals surface area contributed by atoms with Crippen molar-refractivity contribution in [3.05, 3.63) is 36.2 Å². The molecule has 1 unspecified atom stereocenters. The van der Waals surface area contributed by atoms with Crippen molar-refractivity contribution in [1.82, 2.24) is 5.32 Å². The first kappa shape index (κ1) is 10.1. The standard InChI is InChI=1S/C12H19N/c1-3-8-11(4-2)12-9-6-5-7-10-13-12/h5-7,9-11,13H,3-4,8H2,1-2H3. The second kappa shape index (κ2) is 5.63. The van der Waals surface area contributed by atoms with Gasteiger partial charge in [-0.15, -0.1) is 0 Å². The molecule has 72 valence electrons. The van der Waals surface area contributed by atoms with Gasteiger partial charge in [-0.2, -0.15) is 0 Å². The van der Waals surface area contributed by atoms with Gasteiger partial charge in [-0.1, -0.05) is 32.4 Å². The summed E-state index contributed by atoms with van der Waals surface area (Å²) >= 11 is 0. The Labute approximate surface area is 81.2 Å². The van der Waals surface area contributed by atoms with Crippen LogP contribution >= 0.6 is 0 Å². The van der Waals surface area contributed by atoms with Crippen LogP contribution in [0.25, 0.3) is 0 Å². The van der Waals surface area contributed by atoms with Crippen LogP contribution in [0, 0.1) is 5.92 Å². The maximum Gasteiger partial charge on any atom is 0.0177 e. The summed E-state index contributed by atoms with van der Waals surface area (Å²) < 4.78 is 0. The minimum absolute atomic E-state index is 0.692. The summed E-state index contributed by atoms with van der Waals surface area (Å²) in [6, 6.07) is 0. The molecule has 0 spiro atoms. The van der Waals surface area contributed by atoms with Gasteiger partial charge in [-0.25, -0.2) is 0 Å². The smallest absolute Gasteiger partial charge is 0.0177 e. The lowest BCUT2D eigenvalue weighted by molar-refractivity contribution is 0.514. The van der Waals surface area contributed by atoms with E-state index in [0.717, 1.165) is 0 Å². The maximum atomic E-state index is 3.34.